The lowest BCUT2D eigenvalue weighted by Crippen LogP contribution is -2.42. The van der Waals surface area contributed by atoms with Crippen LogP contribution in [0, 0.1) is 0 Å². The zero-order valence-corrected chi connectivity index (χ0v) is 9.03. The minimum absolute atomic E-state index is 0.119. The fraction of sp³-hybridized carbons (Fsp3) is 0.250. The molecule has 1 amide bonds. The Morgan fingerprint density at radius 2 is 2.00 bits per heavy atom. The number of hydrogen-bond donors (Lipinski definition) is 2. The summed E-state index contributed by atoms with van der Waals surface area (Å²) in [5, 5.41) is 0. The number of allylic oxidation sites excluding steroid dienone is 1. The van der Waals surface area contributed by atoms with Gasteiger partial charge in [0, 0.05) is 11.6 Å². The van der Waals surface area contributed by atoms with Crippen molar-refractivity contribution in [2.45, 2.75) is 19.9 Å². The van der Waals surface area contributed by atoms with E-state index in [2.05, 4.69) is 10.9 Å². The Morgan fingerprint density at radius 1 is 1.33 bits per heavy atom. The summed E-state index contributed by atoms with van der Waals surface area (Å²) in [6.07, 6.45) is 3.90. The Labute approximate surface area is 90.2 Å². The second kappa shape index (κ2) is 5.98. The SMILES string of the molecule is C/C=C/[C@H](C)NNC(=O)c1ccccc1. The number of hydrazine groups is 1. The number of nitrogens with one attached hydrogen (secondary N) is 2. The molecule has 1 atom stereocenters. The Balaban J connectivity index is 2.44. The Bertz CT molecular complexity index is 333. The van der Waals surface area contributed by atoms with Crippen LogP contribution in [0.2, 0.25) is 0 Å². The molecule has 0 aromatic heterocycles. The van der Waals surface area contributed by atoms with Gasteiger partial charge in [0.25, 0.3) is 5.91 Å². The molecule has 0 unspecified atom stereocenters. The van der Waals surface area contributed by atoms with E-state index in [1.54, 1.807) is 12.1 Å². The Kier molecular flexibility index (Phi) is 4.57. The molecule has 0 saturated heterocycles. The van der Waals surface area contributed by atoms with Gasteiger partial charge in [-0.3, -0.25) is 10.2 Å². The maximum atomic E-state index is 11.6. The van der Waals surface area contributed by atoms with Crippen LogP contribution < -0.4 is 10.9 Å². The van der Waals surface area contributed by atoms with Gasteiger partial charge in [-0.25, -0.2) is 5.43 Å². The van der Waals surface area contributed by atoms with Crippen LogP contribution in [0.15, 0.2) is 42.5 Å². The van der Waals surface area contributed by atoms with E-state index in [1.165, 1.54) is 0 Å². The number of benzene rings is 1. The van der Waals surface area contributed by atoms with Crippen molar-refractivity contribution in [3.05, 3.63) is 48.0 Å². The van der Waals surface area contributed by atoms with Crippen LogP contribution in [0.5, 0.6) is 0 Å². The Morgan fingerprint density at radius 3 is 2.60 bits per heavy atom. The van der Waals surface area contributed by atoms with Gasteiger partial charge in [0.2, 0.25) is 0 Å². The largest absolute Gasteiger partial charge is 0.287 e. The Hall–Kier alpha value is -1.61. The van der Waals surface area contributed by atoms with Gasteiger partial charge >= 0.3 is 0 Å². The molecule has 2 N–H and O–H groups in total. The van der Waals surface area contributed by atoms with E-state index in [0.29, 0.717) is 5.56 Å². The molecule has 0 saturated carbocycles. The fourth-order valence-corrected chi connectivity index (χ4v) is 1.18. The first kappa shape index (κ1) is 11.5. The molecule has 80 valence electrons. The van der Waals surface area contributed by atoms with Crippen LogP contribution in [-0.4, -0.2) is 11.9 Å². The normalized spacial score (nSPS) is 12.7. The van der Waals surface area contributed by atoms with Gasteiger partial charge in [-0.2, -0.15) is 0 Å². The summed E-state index contributed by atoms with van der Waals surface area (Å²) in [5.74, 6) is -0.119. The molecule has 0 bridgehead atoms. The van der Waals surface area contributed by atoms with Gasteiger partial charge in [-0.05, 0) is 26.0 Å². The lowest BCUT2D eigenvalue weighted by Gasteiger charge is -2.10. The highest BCUT2D eigenvalue weighted by atomic mass is 16.2. The topological polar surface area (TPSA) is 41.1 Å². The number of carbonyl (C=O) groups is 1. The summed E-state index contributed by atoms with van der Waals surface area (Å²) >= 11 is 0. The van der Waals surface area contributed by atoms with Gasteiger partial charge in [0.15, 0.2) is 0 Å². The first-order valence-corrected chi connectivity index (χ1v) is 4.97. The third-order valence-corrected chi connectivity index (χ3v) is 1.93. The second-order valence-electron chi connectivity index (χ2n) is 3.28. The van der Waals surface area contributed by atoms with E-state index in [4.69, 9.17) is 0 Å². The van der Waals surface area contributed by atoms with Gasteiger partial charge in [0.1, 0.15) is 0 Å². The number of rotatable bonds is 4. The number of amides is 1. The van der Waals surface area contributed by atoms with E-state index in [-0.39, 0.29) is 11.9 Å². The minimum atomic E-state index is -0.119. The van der Waals surface area contributed by atoms with E-state index < -0.39 is 0 Å². The molecule has 3 heteroatoms. The van der Waals surface area contributed by atoms with Crippen molar-refractivity contribution in [2.75, 3.05) is 0 Å². The molecule has 0 heterocycles. The molecule has 1 aromatic rings. The summed E-state index contributed by atoms with van der Waals surface area (Å²) in [4.78, 5) is 11.6. The molecule has 1 aromatic carbocycles. The van der Waals surface area contributed by atoms with Crippen LogP contribution >= 0.6 is 0 Å². The van der Waals surface area contributed by atoms with Gasteiger partial charge in [0.05, 0.1) is 0 Å². The average Bonchev–Trinajstić information content (AvgIpc) is 2.27. The van der Waals surface area contributed by atoms with Crippen molar-refractivity contribution in [3.8, 4) is 0 Å². The molecule has 3 nitrogen and oxygen atoms in total. The van der Waals surface area contributed by atoms with Gasteiger partial charge in [-0.15, -0.1) is 0 Å². The zero-order chi connectivity index (χ0) is 11.1. The quantitative estimate of drug-likeness (QED) is 0.581. The van der Waals surface area contributed by atoms with Gasteiger partial charge in [-0.1, -0.05) is 30.4 Å². The molecule has 0 radical (unpaired) electrons. The van der Waals surface area contributed by atoms with Crippen molar-refractivity contribution in [2.24, 2.45) is 0 Å². The highest BCUT2D eigenvalue weighted by Gasteiger charge is 2.03. The van der Waals surface area contributed by atoms with Crippen molar-refractivity contribution in [1.82, 2.24) is 10.9 Å². The summed E-state index contributed by atoms with van der Waals surface area (Å²) in [5.41, 5.74) is 6.19. The molecule has 0 fully saturated rings. The maximum absolute atomic E-state index is 11.6. The second-order valence-corrected chi connectivity index (χ2v) is 3.28. The molecular formula is C12H16N2O. The summed E-state index contributed by atoms with van der Waals surface area (Å²) < 4.78 is 0. The van der Waals surface area contributed by atoms with E-state index in [9.17, 15) is 4.79 Å². The summed E-state index contributed by atoms with van der Waals surface area (Å²) in [6, 6.07) is 9.23. The molecule has 0 aliphatic carbocycles. The standard InChI is InChI=1S/C12H16N2O/c1-3-7-10(2)13-14-12(15)11-8-5-4-6-9-11/h3-10,13H,1-2H3,(H,14,15)/b7-3+/t10-/m0/s1. The highest BCUT2D eigenvalue weighted by molar-refractivity contribution is 5.93. The molecule has 15 heavy (non-hydrogen) atoms. The van der Waals surface area contributed by atoms with E-state index in [1.807, 2.05) is 44.2 Å². The number of hydrogen-bond acceptors (Lipinski definition) is 2. The highest BCUT2D eigenvalue weighted by Crippen LogP contribution is 1.96. The maximum Gasteiger partial charge on any atom is 0.265 e. The fourth-order valence-electron chi connectivity index (χ4n) is 1.18. The van der Waals surface area contributed by atoms with Crippen molar-refractivity contribution in [1.29, 1.82) is 0 Å². The zero-order valence-electron chi connectivity index (χ0n) is 9.03. The van der Waals surface area contributed by atoms with Crippen LogP contribution in [0.3, 0.4) is 0 Å². The summed E-state index contributed by atoms with van der Waals surface area (Å²) in [7, 11) is 0. The molecular weight excluding hydrogens is 188 g/mol. The predicted molar refractivity (Wildman–Crippen MR) is 61.3 cm³/mol. The molecule has 0 aliphatic heterocycles. The molecule has 0 aliphatic rings. The first-order chi connectivity index (χ1) is 7.24. The monoisotopic (exact) mass is 204 g/mol. The van der Waals surface area contributed by atoms with Crippen LogP contribution in [-0.2, 0) is 0 Å². The van der Waals surface area contributed by atoms with Crippen LogP contribution in [0.25, 0.3) is 0 Å². The van der Waals surface area contributed by atoms with Crippen molar-refractivity contribution in [3.63, 3.8) is 0 Å². The van der Waals surface area contributed by atoms with Gasteiger partial charge < -0.3 is 0 Å². The van der Waals surface area contributed by atoms with Crippen molar-refractivity contribution >= 4 is 5.91 Å². The number of carbonyl (C=O) groups excluding carboxylic acids is 1. The van der Waals surface area contributed by atoms with Crippen LogP contribution in [0.1, 0.15) is 24.2 Å². The minimum Gasteiger partial charge on any atom is -0.287 e. The first-order valence-electron chi connectivity index (χ1n) is 4.97. The molecule has 0 spiro atoms. The smallest absolute Gasteiger partial charge is 0.265 e. The average molecular weight is 204 g/mol. The molecule has 1 rings (SSSR count). The lowest BCUT2D eigenvalue weighted by atomic mass is 10.2. The summed E-state index contributed by atoms with van der Waals surface area (Å²) in [6.45, 7) is 3.91. The van der Waals surface area contributed by atoms with E-state index in [0.717, 1.165) is 0 Å². The predicted octanol–water partition coefficient (Wildman–Crippen LogP) is 1.89. The third-order valence-electron chi connectivity index (χ3n) is 1.93. The lowest BCUT2D eigenvalue weighted by molar-refractivity contribution is 0.0930. The third kappa shape index (κ3) is 3.95. The van der Waals surface area contributed by atoms with Crippen molar-refractivity contribution < 1.29 is 4.79 Å². The van der Waals surface area contributed by atoms with Crippen LogP contribution in [0.4, 0.5) is 0 Å². The van der Waals surface area contributed by atoms with E-state index >= 15 is 0 Å².